The van der Waals surface area contributed by atoms with Crippen LogP contribution in [0.4, 0.5) is 10.5 Å². The highest BCUT2D eigenvalue weighted by Gasteiger charge is 2.17. The summed E-state index contributed by atoms with van der Waals surface area (Å²) in [7, 11) is 3.31. The maximum Gasteiger partial charge on any atom is 0.321 e. The Bertz CT molecular complexity index is 729. The van der Waals surface area contributed by atoms with Crippen LogP contribution in [0.3, 0.4) is 0 Å². The highest BCUT2D eigenvalue weighted by Crippen LogP contribution is 2.20. The van der Waals surface area contributed by atoms with Crippen LogP contribution in [0.5, 0.6) is 5.75 Å². The van der Waals surface area contributed by atoms with Crippen molar-refractivity contribution in [2.45, 2.75) is 13.0 Å². The third-order valence-electron chi connectivity index (χ3n) is 3.30. The molecule has 0 bridgehead atoms. The van der Waals surface area contributed by atoms with E-state index in [1.54, 1.807) is 69.6 Å². The summed E-state index contributed by atoms with van der Waals surface area (Å²) >= 11 is 5.83. The predicted molar refractivity (Wildman–Crippen MR) is 95.0 cm³/mol. The van der Waals surface area contributed by atoms with E-state index < -0.39 is 6.10 Å². The predicted octanol–water partition coefficient (Wildman–Crippen LogP) is 4.08. The molecule has 2 aromatic carbocycles. The van der Waals surface area contributed by atoms with Crippen LogP contribution in [-0.4, -0.2) is 36.9 Å². The number of urea groups is 1. The van der Waals surface area contributed by atoms with E-state index in [1.165, 1.54) is 4.90 Å². The van der Waals surface area contributed by atoms with Gasteiger partial charge in [-0.1, -0.05) is 17.7 Å². The molecule has 0 spiro atoms. The molecule has 2 rings (SSSR count). The average molecular weight is 347 g/mol. The standard InChI is InChI=1S/C18H19ClN2O3/c1-12(17(22)13-7-9-14(19)10-8-13)24-16-6-4-5-15(11-16)20-18(23)21(2)3/h4-12H,1-3H3,(H,20,23). The van der Waals surface area contributed by atoms with Gasteiger partial charge in [0.1, 0.15) is 5.75 Å². The normalized spacial score (nSPS) is 11.5. The van der Waals surface area contributed by atoms with Crippen LogP contribution < -0.4 is 10.1 Å². The summed E-state index contributed by atoms with van der Waals surface area (Å²) in [6.07, 6.45) is -0.661. The summed E-state index contributed by atoms with van der Waals surface area (Å²) in [4.78, 5) is 25.5. The Kier molecular flexibility index (Phi) is 5.82. The molecule has 0 saturated heterocycles. The molecule has 0 heterocycles. The molecular weight excluding hydrogens is 328 g/mol. The minimum absolute atomic E-state index is 0.144. The van der Waals surface area contributed by atoms with Gasteiger partial charge in [-0.2, -0.15) is 0 Å². The Hall–Kier alpha value is -2.53. The number of hydrogen-bond acceptors (Lipinski definition) is 3. The van der Waals surface area contributed by atoms with Gasteiger partial charge in [0.05, 0.1) is 0 Å². The van der Waals surface area contributed by atoms with Gasteiger partial charge in [-0.05, 0) is 43.3 Å². The van der Waals surface area contributed by atoms with E-state index in [9.17, 15) is 9.59 Å². The van der Waals surface area contributed by atoms with Crippen molar-refractivity contribution in [3.63, 3.8) is 0 Å². The molecule has 126 valence electrons. The summed E-state index contributed by atoms with van der Waals surface area (Å²) in [6, 6.07) is 13.3. The van der Waals surface area contributed by atoms with Gasteiger partial charge in [-0.25, -0.2) is 4.79 Å². The lowest BCUT2D eigenvalue weighted by Crippen LogP contribution is -2.27. The van der Waals surface area contributed by atoms with E-state index >= 15 is 0 Å². The molecule has 2 aromatic rings. The molecule has 1 N–H and O–H groups in total. The number of nitrogens with one attached hydrogen (secondary N) is 1. The topological polar surface area (TPSA) is 58.6 Å². The molecule has 6 heteroatoms. The summed E-state index contributed by atoms with van der Waals surface area (Å²) in [5, 5.41) is 3.30. The lowest BCUT2D eigenvalue weighted by molar-refractivity contribution is 0.0818. The molecule has 2 amide bonds. The van der Waals surface area contributed by atoms with E-state index in [-0.39, 0.29) is 11.8 Å². The number of carbonyl (C=O) groups excluding carboxylic acids is 2. The highest BCUT2D eigenvalue weighted by atomic mass is 35.5. The number of carbonyl (C=O) groups is 2. The second kappa shape index (κ2) is 7.84. The number of Topliss-reactive ketones (excluding diaryl/α,β-unsaturated/α-hetero) is 1. The number of ether oxygens (including phenoxy) is 1. The van der Waals surface area contributed by atoms with Crippen LogP contribution in [0, 0.1) is 0 Å². The lowest BCUT2D eigenvalue weighted by atomic mass is 10.1. The Morgan fingerprint density at radius 3 is 2.42 bits per heavy atom. The molecule has 0 saturated carbocycles. The highest BCUT2D eigenvalue weighted by molar-refractivity contribution is 6.30. The third-order valence-corrected chi connectivity index (χ3v) is 3.55. The first-order chi connectivity index (χ1) is 11.4. The van der Waals surface area contributed by atoms with Crippen molar-refractivity contribution in [3.8, 4) is 5.75 Å². The van der Waals surface area contributed by atoms with Gasteiger partial charge in [0.15, 0.2) is 6.10 Å². The van der Waals surface area contributed by atoms with Crippen LogP contribution in [0.25, 0.3) is 0 Å². The number of halogens is 1. The lowest BCUT2D eigenvalue weighted by Gasteiger charge is -2.16. The van der Waals surface area contributed by atoms with Gasteiger partial charge < -0.3 is 15.0 Å². The summed E-state index contributed by atoms with van der Waals surface area (Å²) < 4.78 is 5.70. The van der Waals surface area contributed by atoms with Gasteiger partial charge in [0.2, 0.25) is 5.78 Å². The smallest absolute Gasteiger partial charge is 0.321 e. The molecule has 0 aliphatic heterocycles. The molecule has 0 aromatic heterocycles. The van der Waals surface area contributed by atoms with Crippen LogP contribution >= 0.6 is 11.6 Å². The van der Waals surface area contributed by atoms with Crippen LogP contribution in [0.15, 0.2) is 48.5 Å². The van der Waals surface area contributed by atoms with Gasteiger partial charge in [0, 0.05) is 36.4 Å². The van der Waals surface area contributed by atoms with Crippen molar-refractivity contribution in [1.29, 1.82) is 0 Å². The maximum absolute atomic E-state index is 12.4. The van der Waals surface area contributed by atoms with Crippen LogP contribution in [0.2, 0.25) is 5.02 Å². The zero-order valence-corrected chi connectivity index (χ0v) is 14.5. The van der Waals surface area contributed by atoms with Gasteiger partial charge in [-0.3, -0.25) is 4.79 Å². The number of amides is 2. The Balaban J connectivity index is 2.06. The summed E-state index contributed by atoms with van der Waals surface area (Å²) in [5.41, 5.74) is 1.13. The molecule has 1 atom stereocenters. The molecule has 0 fully saturated rings. The van der Waals surface area contributed by atoms with Gasteiger partial charge >= 0.3 is 6.03 Å². The fourth-order valence-electron chi connectivity index (χ4n) is 1.99. The van der Waals surface area contributed by atoms with Crippen molar-refractivity contribution in [1.82, 2.24) is 4.90 Å². The fraction of sp³-hybridized carbons (Fsp3) is 0.222. The molecule has 0 radical (unpaired) electrons. The maximum atomic E-state index is 12.4. The molecule has 24 heavy (non-hydrogen) atoms. The number of ketones is 1. The summed E-state index contributed by atoms with van der Waals surface area (Å²) in [6.45, 7) is 1.68. The zero-order chi connectivity index (χ0) is 17.7. The zero-order valence-electron chi connectivity index (χ0n) is 13.7. The van der Waals surface area contributed by atoms with Crippen LogP contribution in [-0.2, 0) is 0 Å². The Morgan fingerprint density at radius 1 is 1.12 bits per heavy atom. The van der Waals surface area contributed by atoms with E-state index in [1.807, 2.05) is 0 Å². The second-order valence-electron chi connectivity index (χ2n) is 5.48. The number of nitrogens with zero attached hydrogens (tertiary/aromatic N) is 1. The SMILES string of the molecule is CC(Oc1cccc(NC(=O)N(C)C)c1)C(=O)c1ccc(Cl)cc1. The largest absolute Gasteiger partial charge is 0.482 e. The van der Waals surface area contributed by atoms with E-state index in [4.69, 9.17) is 16.3 Å². The second-order valence-corrected chi connectivity index (χ2v) is 5.92. The van der Waals surface area contributed by atoms with Crippen LogP contribution in [0.1, 0.15) is 17.3 Å². The molecular formula is C18H19ClN2O3. The monoisotopic (exact) mass is 346 g/mol. The number of benzene rings is 2. The fourth-order valence-corrected chi connectivity index (χ4v) is 2.11. The molecule has 5 nitrogen and oxygen atoms in total. The van der Waals surface area contributed by atoms with Crippen molar-refractivity contribution in [2.24, 2.45) is 0 Å². The Labute approximate surface area is 146 Å². The Morgan fingerprint density at radius 2 is 1.79 bits per heavy atom. The molecule has 0 aliphatic carbocycles. The first-order valence-corrected chi connectivity index (χ1v) is 7.79. The quantitative estimate of drug-likeness (QED) is 0.830. The van der Waals surface area contributed by atoms with Gasteiger partial charge in [-0.15, -0.1) is 0 Å². The third kappa shape index (κ3) is 4.73. The number of anilines is 1. The first-order valence-electron chi connectivity index (χ1n) is 7.41. The minimum Gasteiger partial charge on any atom is -0.482 e. The van der Waals surface area contributed by atoms with Crippen molar-refractivity contribution < 1.29 is 14.3 Å². The first kappa shape index (κ1) is 17.8. The van der Waals surface area contributed by atoms with Crippen molar-refractivity contribution in [2.75, 3.05) is 19.4 Å². The van der Waals surface area contributed by atoms with Crippen molar-refractivity contribution in [3.05, 3.63) is 59.1 Å². The van der Waals surface area contributed by atoms with E-state index in [2.05, 4.69) is 5.32 Å². The molecule has 0 aliphatic rings. The van der Waals surface area contributed by atoms with E-state index in [0.29, 0.717) is 22.0 Å². The van der Waals surface area contributed by atoms with E-state index in [0.717, 1.165) is 0 Å². The molecule has 1 unspecified atom stereocenters. The van der Waals surface area contributed by atoms with Gasteiger partial charge in [0.25, 0.3) is 0 Å². The summed E-state index contributed by atoms with van der Waals surface area (Å²) in [5.74, 6) is 0.357. The minimum atomic E-state index is -0.661. The number of hydrogen-bond donors (Lipinski definition) is 1. The van der Waals surface area contributed by atoms with Crippen molar-refractivity contribution >= 4 is 29.1 Å². The number of rotatable bonds is 5. The average Bonchev–Trinajstić information content (AvgIpc) is 2.55.